The normalized spacial score (nSPS) is 16.4. The van der Waals surface area contributed by atoms with Crippen molar-refractivity contribution in [1.29, 1.82) is 0 Å². The zero-order valence-corrected chi connectivity index (χ0v) is 7.86. The molecule has 0 atom stereocenters. The molecule has 0 saturated heterocycles. The summed E-state index contributed by atoms with van der Waals surface area (Å²) >= 11 is 0. The summed E-state index contributed by atoms with van der Waals surface area (Å²) in [6.45, 7) is 0.557. The van der Waals surface area contributed by atoms with Crippen LogP contribution in [0.2, 0.25) is 0 Å². The Balaban J connectivity index is 2.17. The standard InChI is InChI=1S/C11H12N2O/c12-6-7-1-4-9-10(5-7)13-14-11(9)8-2-3-8/h1,4-5,8H,2-3,6,12H2. The van der Waals surface area contributed by atoms with Gasteiger partial charge in [-0.25, -0.2) is 0 Å². The Hall–Kier alpha value is -1.35. The molecule has 1 aromatic heterocycles. The van der Waals surface area contributed by atoms with Crippen molar-refractivity contribution >= 4 is 10.9 Å². The van der Waals surface area contributed by atoms with E-state index >= 15 is 0 Å². The van der Waals surface area contributed by atoms with Crippen molar-refractivity contribution in [3.05, 3.63) is 29.5 Å². The molecule has 1 aromatic carbocycles. The van der Waals surface area contributed by atoms with Crippen LogP contribution in [0.25, 0.3) is 10.9 Å². The van der Waals surface area contributed by atoms with Gasteiger partial charge < -0.3 is 10.3 Å². The van der Waals surface area contributed by atoms with Crippen LogP contribution >= 0.6 is 0 Å². The lowest BCUT2D eigenvalue weighted by Crippen LogP contribution is -1.95. The largest absolute Gasteiger partial charge is 0.360 e. The van der Waals surface area contributed by atoms with Crippen LogP contribution in [0.3, 0.4) is 0 Å². The van der Waals surface area contributed by atoms with E-state index < -0.39 is 0 Å². The van der Waals surface area contributed by atoms with E-state index in [1.807, 2.05) is 12.1 Å². The van der Waals surface area contributed by atoms with Crippen molar-refractivity contribution in [3.63, 3.8) is 0 Å². The molecule has 0 unspecified atom stereocenters. The topological polar surface area (TPSA) is 52.0 Å². The second-order valence-electron chi connectivity index (χ2n) is 3.88. The fourth-order valence-electron chi connectivity index (χ4n) is 1.78. The van der Waals surface area contributed by atoms with Gasteiger partial charge in [0.25, 0.3) is 0 Å². The van der Waals surface area contributed by atoms with E-state index in [2.05, 4.69) is 11.2 Å². The molecule has 2 N–H and O–H groups in total. The van der Waals surface area contributed by atoms with Gasteiger partial charge in [0.15, 0.2) is 0 Å². The smallest absolute Gasteiger partial charge is 0.147 e. The summed E-state index contributed by atoms with van der Waals surface area (Å²) in [5.41, 5.74) is 7.61. The van der Waals surface area contributed by atoms with Crippen molar-refractivity contribution in [2.75, 3.05) is 0 Å². The number of nitrogens with zero attached hydrogens (tertiary/aromatic N) is 1. The molecule has 1 fully saturated rings. The molecule has 72 valence electrons. The maximum absolute atomic E-state index is 5.56. The van der Waals surface area contributed by atoms with E-state index in [0.29, 0.717) is 12.5 Å². The minimum absolute atomic E-state index is 0.557. The van der Waals surface area contributed by atoms with Gasteiger partial charge in [-0.2, -0.15) is 0 Å². The summed E-state index contributed by atoms with van der Waals surface area (Å²) in [5, 5.41) is 5.22. The van der Waals surface area contributed by atoms with Gasteiger partial charge in [-0.3, -0.25) is 0 Å². The molecule has 3 heteroatoms. The number of hydrogen-bond acceptors (Lipinski definition) is 3. The molecule has 1 aliphatic carbocycles. The summed E-state index contributed by atoms with van der Waals surface area (Å²) in [4.78, 5) is 0. The summed E-state index contributed by atoms with van der Waals surface area (Å²) in [6.07, 6.45) is 2.48. The molecule has 0 amide bonds. The summed E-state index contributed by atoms with van der Waals surface area (Å²) in [6, 6.07) is 6.12. The number of benzene rings is 1. The van der Waals surface area contributed by atoms with Crippen molar-refractivity contribution in [2.45, 2.75) is 25.3 Å². The SMILES string of the molecule is NCc1ccc2c(C3CC3)onc2c1. The third-order valence-electron chi connectivity index (χ3n) is 2.75. The third kappa shape index (κ3) is 1.13. The molecular formula is C11H12N2O. The van der Waals surface area contributed by atoms with Gasteiger partial charge >= 0.3 is 0 Å². The number of rotatable bonds is 2. The van der Waals surface area contributed by atoms with E-state index in [-0.39, 0.29) is 0 Å². The molecule has 3 rings (SSSR count). The highest BCUT2D eigenvalue weighted by atomic mass is 16.5. The fraction of sp³-hybridized carbons (Fsp3) is 0.364. The van der Waals surface area contributed by atoms with Crippen LogP contribution in [0.4, 0.5) is 0 Å². The van der Waals surface area contributed by atoms with Gasteiger partial charge in [-0.05, 0) is 30.5 Å². The van der Waals surface area contributed by atoms with Crippen molar-refractivity contribution in [2.24, 2.45) is 5.73 Å². The highest BCUT2D eigenvalue weighted by Crippen LogP contribution is 2.43. The van der Waals surface area contributed by atoms with Crippen LogP contribution in [-0.4, -0.2) is 5.16 Å². The Morgan fingerprint density at radius 3 is 3.00 bits per heavy atom. The first-order valence-electron chi connectivity index (χ1n) is 4.97. The molecule has 1 saturated carbocycles. The van der Waals surface area contributed by atoms with Crippen molar-refractivity contribution < 1.29 is 4.52 Å². The molecule has 0 radical (unpaired) electrons. The van der Waals surface area contributed by atoms with Gasteiger partial charge in [0.05, 0.1) is 0 Å². The van der Waals surface area contributed by atoms with Crippen molar-refractivity contribution in [3.8, 4) is 0 Å². The lowest BCUT2D eigenvalue weighted by Gasteiger charge is -1.95. The first kappa shape index (κ1) is 8.00. The molecule has 2 aromatic rings. The number of nitrogens with two attached hydrogens (primary N) is 1. The molecule has 0 spiro atoms. The van der Waals surface area contributed by atoms with Crippen LogP contribution in [0.5, 0.6) is 0 Å². The zero-order chi connectivity index (χ0) is 9.54. The van der Waals surface area contributed by atoms with E-state index in [0.717, 1.165) is 22.2 Å². The first-order chi connectivity index (χ1) is 6.88. The first-order valence-corrected chi connectivity index (χ1v) is 4.97. The Morgan fingerprint density at radius 1 is 1.43 bits per heavy atom. The zero-order valence-electron chi connectivity index (χ0n) is 7.86. The molecule has 1 aliphatic rings. The van der Waals surface area contributed by atoms with E-state index in [9.17, 15) is 0 Å². The number of aromatic nitrogens is 1. The van der Waals surface area contributed by atoms with Gasteiger partial charge in [-0.1, -0.05) is 11.2 Å². The summed E-state index contributed by atoms with van der Waals surface area (Å²) in [7, 11) is 0. The predicted octanol–water partition coefficient (Wildman–Crippen LogP) is 2.16. The summed E-state index contributed by atoms with van der Waals surface area (Å²) < 4.78 is 5.35. The Labute approximate surface area is 81.9 Å². The predicted molar refractivity (Wildman–Crippen MR) is 53.9 cm³/mol. The molecule has 0 aliphatic heterocycles. The van der Waals surface area contributed by atoms with Gasteiger partial charge in [0.2, 0.25) is 0 Å². The Bertz CT molecular complexity index is 471. The Morgan fingerprint density at radius 2 is 2.29 bits per heavy atom. The maximum atomic E-state index is 5.56. The van der Waals surface area contributed by atoms with Crippen LogP contribution in [-0.2, 0) is 6.54 Å². The van der Waals surface area contributed by atoms with Crippen LogP contribution in [0, 0.1) is 0 Å². The van der Waals surface area contributed by atoms with Crippen LogP contribution in [0.1, 0.15) is 30.1 Å². The molecule has 0 bridgehead atoms. The average Bonchev–Trinajstić information content (AvgIpc) is 2.98. The van der Waals surface area contributed by atoms with Gasteiger partial charge in [-0.15, -0.1) is 0 Å². The van der Waals surface area contributed by atoms with E-state index in [4.69, 9.17) is 10.3 Å². The minimum atomic E-state index is 0.557. The molecular weight excluding hydrogens is 176 g/mol. The maximum Gasteiger partial charge on any atom is 0.147 e. The van der Waals surface area contributed by atoms with E-state index in [1.165, 1.54) is 12.8 Å². The van der Waals surface area contributed by atoms with Gasteiger partial charge in [0.1, 0.15) is 11.3 Å². The monoisotopic (exact) mass is 188 g/mol. The molecule has 1 heterocycles. The van der Waals surface area contributed by atoms with Crippen LogP contribution in [0.15, 0.2) is 22.7 Å². The molecule has 14 heavy (non-hydrogen) atoms. The van der Waals surface area contributed by atoms with Gasteiger partial charge in [0, 0.05) is 17.8 Å². The quantitative estimate of drug-likeness (QED) is 0.785. The minimum Gasteiger partial charge on any atom is -0.360 e. The lowest BCUT2D eigenvalue weighted by atomic mass is 10.1. The third-order valence-corrected chi connectivity index (χ3v) is 2.75. The second-order valence-corrected chi connectivity index (χ2v) is 3.88. The van der Waals surface area contributed by atoms with Crippen molar-refractivity contribution in [1.82, 2.24) is 5.16 Å². The lowest BCUT2D eigenvalue weighted by molar-refractivity contribution is 0.392. The fourth-order valence-corrected chi connectivity index (χ4v) is 1.78. The highest BCUT2D eigenvalue weighted by molar-refractivity contribution is 5.81. The summed E-state index contributed by atoms with van der Waals surface area (Å²) in [5.74, 6) is 1.67. The number of fused-ring (bicyclic) bond motifs is 1. The average molecular weight is 188 g/mol. The van der Waals surface area contributed by atoms with Crippen LogP contribution < -0.4 is 5.73 Å². The second kappa shape index (κ2) is 2.82. The van der Waals surface area contributed by atoms with E-state index in [1.54, 1.807) is 0 Å². The highest BCUT2D eigenvalue weighted by Gasteiger charge is 2.29. The number of hydrogen-bond donors (Lipinski definition) is 1. The molecule has 3 nitrogen and oxygen atoms in total. The Kier molecular flexibility index (Phi) is 1.61.